The van der Waals surface area contributed by atoms with Crippen molar-refractivity contribution in [1.82, 2.24) is 4.72 Å². The molecule has 5 heteroatoms. The standard InChI is InChI=1S/C12H17ClFNOS/c1-12(2,3)17(16)15-11(8-14)9-4-6-10(13)7-5-9/h4-7,11,15H,8H2,1-3H3/t11-,17-/m0/s1. The van der Waals surface area contributed by atoms with E-state index in [1.807, 2.05) is 20.8 Å². The van der Waals surface area contributed by atoms with E-state index in [-0.39, 0.29) is 0 Å². The van der Waals surface area contributed by atoms with Crippen molar-refractivity contribution in [3.05, 3.63) is 34.9 Å². The monoisotopic (exact) mass is 277 g/mol. The van der Waals surface area contributed by atoms with E-state index in [1.54, 1.807) is 24.3 Å². The summed E-state index contributed by atoms with van der Waals surface area (Å²) >= 11 is 4.47. The second kappa shape index (κ2) is 6.05. The van der Waals surface area contributed by atoms with E-state index in [0.717, 1.165) is 5.56 Å². The van der Waals surface area contributed by atoms with Crippen molar-refractivity contribution in [2.45, 2.75) is 31.6 Å². The quantitative estimate of drug-likeness (QED) is 0.856. The van der Waals surface area contributed by atoms with Gasteiger partial charge in [-0.1, -0.05) is 23.7 Å². The molecule has 2 nitrogen and oxygen atoms in total. The molecule has 0 fully saturated rings. The van der Waals surface area contributed by atoms with Crippen molar-refractivity contribution in [2.24, 2.45) is 0 Å². The second-order valence-corrected chi connectivity index (χ2v) is 7.19. The lowest BCUT2D eigenvalue weighted by Gasteiger charge is -2.27. The molecule has 0 saturated heterocycles. The molecule has 0 radical (unpaired) electrons. The van der Waals surface area contributed by atoms with Crippen LogP contribution in [0, 0.1) is 0 Å². The van der Waals surface area contributed by atoms with Crippen molar-refractivity contribution < 1.29 is 8.94 Å². The van der Waals surface area contributed by atoms with Crippen LogP contribution in [-0.4, -0.2) is 16.0 Å². The summed E-state index contributed by atoms with van der Waals surface area (Å²) in [4.78, 5) is 0. The molecule has 0 bridgehead atoms. The number of benzene rings is 1. The molecule has 0 aliphatic carbocycles. The van der Waals surface area contributed by atoms with Gasteiger partial charge in [0, 0.05) is 16.4 Å². The Bertz CT molecular complexity index is 353. The van der Waals surface area contributed by atoms with E-state index in [0.29, 0.717) is 5.02 Å². The summed E-state index contributed by atoms with van der Waals surface area (Å²) in [5.41, 5.74) is 0.745. The first-order valence-electron chi connectivity index (χ1n) is 5.34. The minimum Gasteiger partial charge on any atom is -0.598 e. The molecule has 0 saturated carbocycles. The topological polar surface area (TPSA) is 35.1 Å². The Balaban J connectivity index is 2.75. The molecule has 0 unspecified atom stereocenters. The van der Waals surface area contributed by atoms with Crippen LogP contribution in [0.15, 0.2) is 24.3 Å². The first-order valence-corrected chi connectivity index (χ1v) is 6.87. The maximum atomic E-state index is 13.0. The average Bonchev–Trinajstić information content (AvgIpc) is 2.25. The van der Waals surface area contributed by atoms with Gasteiger partial charge in [0.1, 0.15) is 17.5 Å². The predicted molar refractivity (Wildman–Crippen MR) is 71.2 cm³/mol. The van der Waals surface area contributed by atoms with Crippen molar-refractivity contribution in [1.29, 1.82) is 0 Å². The van der Waals surface area contributed by atoms with E-state index in [2.05, 4.69) is 4.72 Å². The van der Waals surface area contributed by atoms with Crippen LogP contribution in [0.1, 0.15) is 32.4 Å². The molecule has 96 valence electrons. The molecule has 0 aliphatic heterocycles. The first-order chi connectivity index (χ1) is 7.84. The van der Waals surface area contributed by atoms with Gasteiger partial charge in [-0.25, -0.2) is 4.39 Å². The molecule has 2 atom stereocenters. The van der Waals surface area contributed by atoms with Gasteiger partial charge in [-0.15, -0.1) is 4.72 Å². The Morgan fingerprint density at radius 1 is 1.35 bits per heavy atom. The third-order valence-corrected chi connectivity index (χ3v) is 4.10. The summed E-state index contributed by atoms with van der Waals surface area (Å²) in [6.07, 6.45) is 0. The van der Waals surface area contributed by atoms with Gasteiger partial charge in [-0.3, -0.25) is 0 Å². The lowest BCUT2D eigenvalue weighted by atomic mass is 10.1. The largest absolute Gasteiger partial charge is 0.598 e. The summed E-state index contributed by atoms with van der Waals surface area (Å²) in [6, 6.07) is 6.30. The number of nitrogens with one attached hydrogen (secondary N) is 1. The minimum absolute atomic E-state index is 0.417. The highest BCUT2D eigenvalue weighted by molar-refractivity contribution is 7.90. The van der Waals surface area contributed by atoms with Crippen molar-refractivity contribution in [3.63, 3.8) is 0 Å². The SMILES string of the molecule is CC(C)(C)[S@+]([O-])N[C@@H](CF)c1ccc(Cl)cc1. The van der Waals surface area contributed by atoms with E-state index in [4.69, 9.17) is 11.6 Å². The Hall–Kier alpha value is -0.290. The fourth-order valence-corrected chi connectivity index (χ4v) is 2.13. The van der Waals surface area contributed by atoms with Crippen LogP contribution in [-0.2, 0) is 11.4 Å². The van der Waals surface area contributed by atoms with Crippen LogP contribution < -0.4 is 4.72 Å². The molecule has 0 aliphatic rings. The third-order valence-electron chi connectivity index (χ3n) is 2.23. The molecule has 1 aromatic carbocycles. The fourth-order valence-electron chi connectivity index (χ4n) is 1.19. The Labute approximate surface area is 110 Å². The summed E-state index contributed by atoms with van der Waals surface area (Å²) in [5.74, 6) is 0. The maximum Gasteiger partial charge on any atom is 0.136 e. The summed E-state index contributed by atoms with van der Waals surface area (Å²) in [6.45, 7) is 4.91. The maximum absolute atomic E-state index is 13.0. The highest BCUT2D eigenvalue weighted by Gasteiger charge is 2.29. The smallest absolute Gasteiger partial charge is 0.136 e. The van der Waals surface area contributed by atoms with Gasteiger partial charge in [-0.2, -0.15) is 0 Å². The Kier molecular flexibility index (Phi) is 5.25. The molecular weight excluding hydrogens is 261 g/mol. The lowest BCUT2D eigenvalue weighted by molar-refractivity contribution is 0.410. The van der Waals surface area contributed by atoms with E-state index in [9.17, 15) is 8.94 Å². The first kappa shape index (κ1) is 14.8. The normalized spacial score (nSPS) is 15.6. The summed E-state index contributed by atoms with van der Waals surface area (Å²) < 4.78 is 27.2. The number of halogens is 2. The summed E-state index contributed by atoms with van der Waals surface area (Å²) in [5, 5.41) is 0.600. The molecule has 0 amide bonds. The van der Waals surface area contributed by atoms with Gasteiger partial charge < -0.3 is 4.55 Å². The zero-order valence-corrected chi connectivity index (χ0v) is 11.7. The van der Waals surface area contributed by atoms with Crippen molar-refractivity contribution in [2.75, 3.05) is 6.67 Å². The zero-order chi connectivity index (χ0) is 13.1. The Morgan fingerprint density at radius 3 is 2.29 bits per heavy atom. The van der Waals surface area contributed by atoms with E-state index >= 15 is 0 Å². The molecule has 0 heterocycles. The highest BCUT2D eigenvalue weighted by Crippen LogP contribution is 2.21. The summed E-state index contributed by atoms with van der Waals surface area (Å²) in [7, 11) is 0. The number of hydrogen-bond acceptors (Lipinski definition) is 2. The van der Waals surface area contributed by atoms with Crippen LogP contribution in [0.4, 0.5) is 4.39 Å². The molecule has 17 heavy (non-hydrogen) atoms. The molecule has 0 aromatic heterocycles. The number of hydrogen-bond donors (Lipinski definition) is 1. The van der Waals surface area contributed by atoms with Gasteiger partial charge in [0.2, 0.25) is 0 Å². The molecule has 1 aromatic rings. The van der Waals surface area contributed by atoms with Crippen LogP contribution in [0.5, 0.6) is 0 Å². The molecule has 0 spiro atoms. The van der Waals surface area contributed by atoms with Gasteiger partial charge in [0.25, 0.3) is 0 Å². The van der Waals surface area contributed by atoms with E-state index < -0.39 is 28.8 Å². The Morgan fingerprint density at radius 2 is 1.88 bits per heavy atom. The second-order valence-electron chi connectivity index (χ2n) is 4.76. The van der Waals surface area contributed by atoms with Crippen molar-refractivity contribution in [3.8, 4) is 0 Å². The van der Waals surface area contributed by atoms with Gasteiger partial charge in [0.05, 0.1) is 0 Å². The van der Waals surface area contributed by atoms with Crippen LogP contribution in [0.2, 0.25) is 5.02 Å². The van der Waals surface area contributed by atoms with Crippen LogP contribution in [0.3, 0.4) is 0 Å². The predicted octanol–water partition coefficient (Wildman–Crippen LogP) is 3.40. The lowest BCUT2D eigenvalue weighted by Crippen LogP contribution is -2.41. The van der Waals surface area contributed by atoms with Gasteiger partial charge >= 0.3 is 0 Å². The van der Waals surface area contributed by atoms with Gasteiger partial charge in [0.15, 0.2) is 0 Å². The van der Waals surface area contributed by atoms with Crippen LogP contribution >= 0.6 is 11.6 Å². The van der Waals surface area contributed by atoms with Crippen molar-refractivity contribution >= 4 is 23.0 Å². The fraction of sp³-hybridized carbons (Fsp3) is 0.500. The highest BCUT2D eigenvalue weighted by atomic mass is 35.5. The molecule has 1 N–H and O–H groups in total. The number of alkyl halides is 1. The zero-order valence-electron chi connectivity index (χ0n) is 10.2. The average molecular weight is 278 g/mol. The molecule has 1 rings (SSSR count). The number of rotatable bonds is 4. The molecular formula is C12H17ClFNOS. The van der Waals surface area contributed by atoms with E-state index in [1.165, 1.54) is 0 Å². The third kappa shape index (κ3) is 4.47. The van der Waals surface area contributed by atoms with Crippen LogP contribution in [0.25, 0.3) is 0 Å². The minimum atomic E-state index is -1.30. The van der Waals surface area contributed by atoms with Gasteiger partial charge in [-0.05, 0) is 38.5 Å².